The van der Waals surface area contributed by atoms with E-state index in [9.17, 15) is 13.2 Å². The molecule has 1 aromatic carbocycles. The van der Waals surface area contributed by atoms with Gasteiger partial charge in [-0.25, -0.2) is 23.3 Å². The van der Waals surface area contributed by atoms with Gasteiger partial charge >= 0.3 is 6.03 Å². The number of hydrogen-bond donors (Lipinski definition) is 3. The van der Waals surface area contributed by atoms with E-state index in [0.717, 1.165) is 5.56 Å². The van der Waals surface area contributed by atoms with Crippen LogP contribution in [-0.2, 0) is 16.6 Å². The summed E-state index contributed by atoms with van der Waals surface area (Å²) in [5, 5.41) is 10.1. The van der Waals surface area contributed by atoms with Crippen molar-refractivity contribution < 1.29 is 13.2 Å². The van der Waals surface area contributed by atoms with Gasteiger partial charge in [0.2, 0.25) is 10.0 Å². The van der Waals surface area contributed by atoms with Crippen LogP contribution in [0, 0.1) is 0 Å². The predicted molar refractivity (Wildman–Crippen MR) is 75.7 cm³/mol. The van der Waals surface area contributed by atoms with E-state index in [4.69, 9.17) is 5.14 Å². The minimum absolute atomic E-state index is 0.0234. The zero-order valence-corrected chi connectivity index (χ0v) is 11.7. The summed E-state index contributed by atoms with van der Waals surface area (Å²) in [6, 6.07) is 5.47. The van der Waals surface area contributed by atoms with Crippen LogP contribution < -0.4 is 15.8 Å². The van der Waals surface area contributed by atoms with Gasteiger partial charge in [-0.3, -0.25) is 10.3 Å². The number of nitrogens with two attached hydrogens (primary N) is 1. The highest BCUT2D eigenvalue weighted by Crippen LogP contribution is 2.08. The summed E-state index contributed by atoms with van der Waals surface area (Å²) in [6.07, 6.45) is 4.37. The highest BCUT2D eigenvalue weighted by atomic mass is 32.2. The Bertz CT molecular complexity index is 716. The van der Waals surface area contributed by atoms with Gasteiger partial charge in [-0.2, -0.15) is 0 Å². The lowest BCUT2D eigenvalue weighted by molar-refractivity contribution is 0.251. The molecule has 0 aliphatic heterocycles. The summed E-state index contributed by atoms with van der Waals surface area (Å²) in [6.45, 7) is 0.233. The van der Waals surface area contributed by atoms with E-state index < -0.39 is 16.1 Å². The first-order valence-corrected chi connectivity index (χ1v) is 7.42. The van der Waals surface area contributed by atoms with E-state index in [-0.39, 0.29) is 11.4 Å². The first kappa shape index (κ1) is 14.9. The molecule has 2 aromatic rings. The Hall–Kier alpha value is -2.52. The summed E-state index contributed by atoms with van der Waals surface area (Å²) in [4.78, 5) is 19.3. The van der Waals surface area contributed by atoms with Crippen molar-refractivity contribution in [2.75, 3.05) is 5.32 Å². The van der Waals surface area contributed by atoms with Crippen molar-refractivity contribution in [3.8, 4) is 0 Å². The molecule has 0 bridgehead atoms. The number of primary sulfonamides is 1. The fourth-order valence-electron chi connectivity index (χ4n) is 1.50. The van der Waals surface area contributed by atoms with Gasteiger partial charge in [-0.05, 0) is 17.7 Å². The second-order valence-corrected chi connectivity index (χ2v) is 5.65. The average molecular weight is 307 g/mol. The summed E-state index contributed by atoms with van der Waals surface area (Å²) < 4.78 is 22.2. The molecular formula is C12H13N5O3S. The van der Waals surface area contributed by atoms with Crippen LogP contribution in [0.15, 0.2) is 47.8 Å². The van der Waals surface area contributed by atoms with Crippen molar-refractivity contribution in [3.05, 3.63) is 48.4 Å². The van der Waals surface area contributed by atoms with Crippen LogP contribution in [-0.4, -0.2) is 24.4 Å². The maximum atomic E-state index is 11.6. The lowest BCUT2D eigenvalue weighted by atomic mass is 10.2. The van der Waals surface area contributed by atoms with Crippen molar-refractivity contribution in [3.63, 3.8) is 0 Å². The van der Waals surface area contributed by atoms with E-state index in [0.29, 0.717) is 5.82 Å². The number of amides is 2. The minimum Gasteiger partial charge on any atom is -0.334 e. The third-order valence-electron chi connectivity index (χ3n) is 2.51. The Morgan fingerprint density at radius 2 is 1.90 bits per heavy atom. The third kappa shape index (κ3) is 4.51. The van der Waals surface area contributed by atoms with Crippen molar-refractivity contribution in [2.24, 2.45) is 5.14 Å². The van der Waals surface area contributed by atoms with Gasteiger partial charge in [0.1, 0.15) is 0 Å². The molecule has 21 heavy (non-hydrogen) atoms. The normalized spacial score (nSPS) is 10.9. The minimum atomic E-state index is -3.71. The van der Waals surface area contributed by atoms with Gasteiger partial charge in [-0.15, -0.1) is 0 Å². The fourth-order valence-corrected chi connectivity index (χ4v) is 2.02. The number of carbonyl (C=O) groups excluding carboxylic acids is 1. The highest BCUT2D eigenvalue weighted by Gasteiger charge is 2.07. The van der Waals surface area contributed by atoms with Crippen molar-refractivity contribution in [1.29, 1.82) is 0 Å². The lowest BCUT2D eigenvalue weighted by Crippen LogP contribution is -2.28. The zero-order valence-electron chi connectivity index (χ0n) is 10.9. The van der Waals surface area contributed by atoms with E-state index >= 15 is 0 Å². The highest BCUT2D eigenvalue weighted by molar-refractivity contribution is 7.89. The Morgan fingerprint density at radius 3 is 2.48 bits per heavy atom. The fraction of sp³-hybridized carbons (Fsp3) is 0.0833. The van der Waals surface area contributed by atoms with Crippen molar-refractivity contribution in [1.82, 2.24) is 15.3 Å². The van der Waals surface area contributed by atoms with Gasteiger partial charge in [0.25, 0.3) is 0 Å². The molecule has 0 saturated carbocycles. The van der Waals surface area contributed by atoms with Gasteiger partial charge in [0.15, 0.2) is 5.82 Å². The molecule has 0 unspecified atom stereocenters. The van der Waals surface area contributed by atoms with Crippen LogP contribution in [0.5, 0.6) is 0 Å². The van der Waals surface area contributed by atoms with E-state index in [1.807, 2.05) is 0 Å². The molecule has 0 fully saturated rings. The molecule has 9 heteroatoms. The summed E-state index contributed by atoms with van der Waals surface area (Å²) >= 11 is 0. The molecule has 1 aromatic heterocycles. The van der Waals surface area contributed by atoms with Gasteiger partial charge < -0.3 is 5.32 Å². The Kier molecular flexibility index (Phi) is 4.45. The quantitative estimate of drug-likeness (QED) is 0.755. The number of nitrogens with one attached hydrogen (secondary N) is 2. The predicted octanol–water partition coefficient (Wildman–Crippen LogP) is 0.446. The lowest BCUT2D eigenvalue weighted by Gasteiger charge is -2.07. The number of urea groups is 1. The standard InChI is InChI=1S/C12H13N5O3S/c13-21(19,20)10-3-1-9(2-4-10)7-16-12(18)17-11-8-14-5-6-15-11/h1-6,8H,7H2,(H2,13,19,20)(H2,15,16,17,18). The van der Waals surface area contributed by atoms with Crippen molar-refractivity contribution >= 4 is 21.9 Å². The van der Waals surface area contributed by atoms with E-state index in [1.54, 1.807) is 12.1 Å². The van der Waals surface area contributed by atoms with Gasteiger partial charge in [-0.1, -0.05) is 12.1 Å². The Labute approximate surface area is 121 Å². The largest absolute Gasteiger partial charge is 0.334 e. The summed E-state index contributed by atoms with van der Waals surface area (Å²) in [7, 11) is -3.71. The molecule has 2 rings (SSSR count). The first-order chi connectivity index (χ1) is 9.95. The monoisotopic (exact) mass is 307 g/mol. The number of carbonyl (C=O) groups is 1. The second-order valence-electron chi connectivity index (χ2n) is 4.09. The number of benzene rings is 1. The third-order valence-corrected chi connectivity index (χ3v) is 3.44. The molecule has 4 N–H and O–H groups in total. The Balaban J connectivity index is 1.90. The molecule has 0 spiro atoms. The molecule has 8 nitrogen and oxygen atoms in total. The number of hydrogen-bond acceptors (Lipinski definition) is 5. The molecule has 0 atom stereocenters. The number of rotatable bonds is 4. The second kappa shape index (κ2) is 6.29. The molecule has 110 valence electrons. The molecule has 1 heterocycles. The van der Waals surface area contributed by atoms with Crippen LogP contribution >= 0.6 is 0 Å². The maximum absolute atomic E-state index is 11.6. The van der Waals surface area contributed by atoms with E-state index in [1.165, 1.54) is 30.7 Å². The maximum Gasteiger partial charge on any atom is 0.320 e. The van der Waals surface area contributed by atoms with Crippen LogP contribution in [0.4, 0.5) is 10.6 Å². The van der Waals surface area contributed by atoms with Crippen LogP contribution in [0.25, 0.3) is 0 Å². The van der Waals surface area contributed by atoms with Crippen LogP contribution in [0.1, 0.15) is 5.56 Å². The topological polar surface area (TPSA) is 127 Å². The Morgan fingerprint density at radius 1 is 1.19 bits per heavy atom. The summed E-state index contributed by atoms with van der Waals surface area (Å²) in [5.41, 5.74) is 0.733. The zero-order chi connectivity index (χ0) is 15.3. The smallest absolute Gasteiger partial charge is 0.320 e. The first-order valence-electron chi connectivity index (χ1n) is 5.88. The van der Waals surface area contributed by atoms with Crippen molar-refractivity contribution in [2.45, 2.75) is 11.4 Å². The molecule has 0 radical (unpaired) electrons. The van der Waals surface area contributed by atoms with E-state index in [2.05, 4.69) is 20.6 Å². The molecule has 0 aliphatic rings. The van der Waals surface area contributed by atoms with Crippen LogP contribution in [0.2, 0.25) is 0 Å². The molecule has 0 saturated heterocycles. The number of anilines is 1. The SMILES string of the molecule is NS(=O)(=O)c1ccc(CNC(=O)Nc2cnccn2)cc1. The molecular weight excluding hydrogens is 294 g/mol. The van der Waals surface area contributed by atoms with Crippen LogP contribution in [0.3, 0.4) is 0 Å². The number of sulfonamides is 1. The summed E-state index contributed by atoms with van der Waals surface area (Å²) in [5.74, 6) is 0.333. The molecule has 2 amide bonds. The molecule has 0 aliphatic carbocycles. The average Bonchev–Trinajstić information content (AvgIpc) is 2.46. The van der Waals surface area contributed by atoms with Gasteiger partial charge in [0, 0.05) is 18.9 Å². The number of nitrogens with zero attached hydrogens (tertiary/aromatic N) is 2. The number of aromatic nitrogens is 2. The van der Waals surface area contributed by atoms with Gasteiger partial charge in [0.05, 0.1) is 11.1 Å².